The highest BCUT2D eigenvalue weighted by atomic mass is 35.5. The van der Waals surface area contributed by atoms with Crippen molar-refractivity contribution in [3.05, 3.63) is 46.3 Å². The first-order valence-corrected chi connectivity index (χ1v) is 8.58. The van der Waals surface area contributed by atoms with Crippen LogP contribution in [0.25, 0.3) is 16.2 Å². The minimum Gasteiger partial charge on any atom is -0.359 e. The Labute approximate surface area is 151 Å². The fraction of sp³-hybridized carbons (Fsp3) is 0.0714. The quantitative estimate of drug-likeness (QED) is 0.521. The van der Waals surface area contributed by atoms with E-state index >= 15 is 0 Å². The fourth-order valence-electron chi connectivity index (χ4n) is 1.93. The van der Waals surface area contributed by atoms with Crippen molar-refractivity contribution in [3.8, 4) is 11.3 Å². The molecule has 2 heterocycles. The summed E-state index contributed by atoms with van der Waals surface area (Å²) in [5.41, 5.74) is 1.68. The Balaban J connectivity index is 1.91. The van der Waals surface area contributed by atoms with Crippen LogP contribution >= 0.6 is 46.8 Å². The highest BCUT2D eigenvalue weighted by Gasteiger charge is 2.14. The second-order valence-electron chi connectivity index (χ2n) is 4.50. The molecular formula is C14H11Cl2N5S2. The van der Waals surface area contributed by atoms with Crippen LogP contribution in [0.5, 0.6) is 0 Å². The molecule has 0 bridgehead atoms. The third-order valence-corrected chi connectivity index (χ3v) is 4.53. The van der Waals surface area contributed by atoms with Gasteiger partial charge >= 0.3 is 0 Å². The number of hydrogen-bond acceptors (Lipinski definition) is 4. The summed E-state index contributed by atoms with van der Waals surface area (Å²) in [7, 11) is 0. The maximum absolute atomic E-state index is 6.27. The predicted octanol–water partition coefficient (Wildman–Crippen LogP) is 4.24. The van der Waals surface area contributed by atoms with E-state index in [4.69, 9.17) is 35.4 Å². The van der Waals surface area contributed by atoms with E-state index in [9.17, 15) is 0 Å². The molecule has 0 amide bonds. The summed E-state index contributed by atoms with van der Waals surface area (Å²) in [6, 6.07) is 5.35. The maximum atomic E-state index is 6.27. The van der Waals surface area contributed by atoms with E-state index in [0.29, 0.717) is 27.7 Å². The highest BCUT2D eigenvalue weighted by molar-refractivity contribution is 7.80. The van der Waals surface area contributed by atoms with Gasteiger partial charge in [-0.25, -0.2) is 4.52 Å². The Hall–Kier alpha value is -1.67. The van der Waals surface area contributed by atoms with Gasteiger partial charge in [-0.05, 0) is 30.4 Å². The second kappa shape index (κ2) is 6.84. The normalized spacial score (nSPS) is 10.7. The third kappa shape index (κ3) is 3.48. The Morgan fingerprint density at radius 1 is 1.43 bits per heavy atom. The number of aromatic nitrogens is 3. The molecule has 0 spiro atoms. The first-order valence-electron chi connectivity index (χ1n) is 6.54. The van der Waals surface area contributed by atoms with Crippen LogP contribution in [0.3, 0.4) is 0 Å². The van der Waals surface area contributed by atoms with Gasteiger partial charge < -0.3 is 5.32 Å². The summed E-state index contributed by atoms with van der Waals surface area (Å²) in [6.07, 6.45) is 1.72. The lowest BCUT2D eigenvalue weighted by molar-refractivity contribution is 0.985. The zero-order chi connectivity index (χ0) is 16.4. The van der Waals surface area contributed by atoms with Crippen molar-refractivity contribution in [1.29, 1.82) is 0 Å². The number of fused-ring (bicyclic) bond motifs is 1. The van der Waals surface area contributed by atoms with E-state index in [0.717, 1.165) is 16.2 Å². The van der Waals surface area contributed by atoms with E-state index in [1.165, 1.54) is 11.3 Å². The Morgan fingerprint density at radius 2 is 2.26 bits per heavy atom. The van der Waals surface area contributed by atoms with Crippen LogP contribution in [0.1, 0.15) is 0 Å². The van der Waals surface area contributed by atoms with E-state index < -0.39 is 0 Å². The van der Waals surface area contributed by atoms with E-state index in [2.05, 4.69) is 27.3 Å². The summed E-state index contributed by atoms with van der Waals surface area (Å²) in [5.74, 6) is 0.421. The van der Waals surface area contributed by atoms with E-state index in [1.54, 1.807) is 22.7 Å². The SMILES string of the molecule is C=CCNC(=S)Nc1nc2scc(-c3ccc(Cl)cc3Cl)n2n1. The molecule has 3 aromatic rings. The van der Waals surface area contributed by atoms with Gasteiger partial charge in [0.2, 0.25) is 10.9 Å². The lowest BCUT2D eigenvalue weighted by atomic mass is 10.2. The molecule has 0 saturated heterocycles. The number of thiazole rings is 1. The van der Waals surface area contributed by atoms with Crippen LogP contribution in [0.4, 0.5) is 5.95 Å². The topological polar surface area (TPSA) is 54.2 Å². The number of rotatable bonds is 4. The van der Waals surface area contributed by atoms with Crippen LogP contribution in [0, 0.1) is 0 Å². The smallest absolute Gasteiger partial charge is 0.250 e. The molecule has 0 unspecified atom stereocenters. The van der Waals surface area contributed by atoms with Crippen molar-refractivity contribution in [2.24, 2.45) is 0 Å². The molecule has 2 aromatic heterocycles. The molecule has 0 aliphatic carbocycles. The molecule has 3 rings (SSSR count). The molecule has 23 heavy (non-hydrogen) atoms. The predicted molar refractivity (Wildman–Crippen MR) is 101 cm³/mol. The summed E-state index contributed by atoms with van der Waals surface area (Å²) in [5, 5.41) is 13.9. The Bertz CT molecular complexity index is 887. The molecule has 0 aliphatic rings. The van der Waals surface area contributed by atoms with Gasteiger partial charge in [0.25, 0.3) is 0 Å². The lowest BCUT2D eigenvalue weighted by Crippen LogP contribution is -2.28. The monoisotopic (exact) mass is 383 g/mol. The largest absolute Gasteiger partial charge is 0.359 e. The summed E-state index contributed by atoms with van der Waals surface area (Å²) in [6.45, 7) is 4.19. The highest BCUT2D eigenvalue weighted by Crippen LogP contribution is 2.32. The Morgan fingerprint density at radius 3 is 3.00 bits per heavy atom. The van der Waals surface area contributed by atoms with Gasteiger partial charge in [-0.15, -0.1) is 23.0 Å². The van der Waals surface area contributed by atoms with Crippen molar-refractivity contribution in [2.75, 3.05) is 11.9 Å². The molecule has 0 atom stereocenters. The van der Waals surface area contributed by atoms with E-state index in [1.807, 2.05) is 11.4 Å². The average molecular weight is 384 g/mol. The standard InChI is InChI=1S/C14H11Cl2N5S2/c1-2-5-17-13(22)18-12-19-14-21(20-12)11(7-23-14)9-4-3-8(15)6-10(9)16/h2-4,6-7H,1,5H2,(H2,17,18,20,22). The van der Waals surface area contributed by atoms with Crippen LogP contribution in [-0.4, -0.2) is 26.3 Å². The van der Waals surface area contributed by atoms with Gasteiger partial charge in [0.1, 0.15) is 0 Å². The lowest BCUT2D eigenvalue weighted by Gasteiger charge is -2.04. The number of halogens is 2. The maximum Gasteiger partial charge on any atom is 0.250 e. The van der Waals surface area contributed by atoms with Gasteiger partial charge in [0, 0.05) is 22.5 Å². The first-order chi connectivity index (χ1) is 11.1. The average Bonchev–Trinajstić information content (AvgIpc) is 3.05. The summed E-state index contributed by atoms with van der Waals surface area (Å²) >= 11 is 18.8. The van der Waals surface area contributed by atoms with Crippen LogP contribution in [-0.2, 0) is 0 Å². The molecule has 1 aromatic carbocycles. The van der Waals surface area contributed by atoms with Crippen molar-refractivity contribution < 1.29 is 0 Å². The zero-order valence-electron chi connectivity index (χ0n) is 11.7. The minimum atomic E-state index is 0.421. The second-order valence-corrected chi connectivity index (χ2v) is 6.59. The number of hydrogen-bond donors (Lipinski definition) is 2. The summed E-state index contributed by atoms with van der Waals surface area (Å²) < 4.78 is 1.72. The van der Waals surface area contributed by atoms with Crippen molar-refractivity contribution in [3.63, 3.8) is 0 Å². The molecule has 9 heteroatoms. The van der Waals surface area contributed by atoms with Crippen molar-refractivity contribution in [1.82, 2.24) is 19.9 Å². The third-order valence-electron chi connectivity index (χ3n) is 2.92. The number of anilines is 1. The van der Waals surface area contributed by atoms with Crippen LogP contribution < -0.4 is 10.6 Å². The van der Waals surface area contributed by atoms with Gasteiger partial charge in [-0.2, -0.15) is 4.98 Å². The molecule has 0 saturated carbocycles. The molecule has 0 aliphatic heterocycles. The van der Waals surface area contributed by atoms with Gasteiger partial charge in [0.05, 0.1) is 10.7 Å². The number of thiocarbonyl (C=S) groups is 1. The van der Waals surface area contributed by atoms with Crippen molar-refractivity contribution >= 4 is 62.8 Å². The summed E-state index contributed by atoms with van der Waals surface area (Å²) in [4.78, 5) is 5.13. The minimum absolute atomic E-state index is 0.421. The molecule has 0 radical (unpaired) electrons. The van der Waals surface area contributed by atoms with Gasteiger partial charge in [-0.1, -0.05) is 29.3 Å². The molecule has 5 nitrogen and oxygen atoms in total. The van der Waals surface area contributed by atoms with Crippen LogP contribution in [0.15, 0.2) is 36.2 Å². The van der Waals surface area contributed by atoms with Gasteiger partial charge in [-0.3, -0.25) is 5.32 Å². The molecule has 118 valence electrons. The zero-order valence-corrected chi connectivity index (χ0v) is 14.9. The molecule has 0 fully saturated rings. The van der Waals surface area contributed by atoms with Crippen LogP contribution in [0.2, 0.25) is 10.0 Å². The fourth-order valence-corrected chi connectivity index (χ4v) is 3.43. The van der Waals surface area contributed by atoms with Crippen molar-refractivity contribution in [2.45, 2.75) is 0 Å². The van der Waals surface area contributed by atoms with E-state index in [-0.39, 0.29) is 0 Å². The number of nitrogens with one attached hydrogen (secondary N) is 2. The molecular weight excluding hydrogens is 373 g/mol. The number of nitrogens with zero attached hydrogens (tertiary/aromatic N) is 3. The first kappa shape index (κ1) is 16.2. The van der Waals surface area contributed by atoms with Gasteiger partial charge in [0.15, 0.2) is 5.11 Å². The Kier molecular flexibility index (Phi) is 4.82. The molecule has 2 N–H and O–H groups in total. The number of benzene rings is 1.